The minimum absolute atomic E-state index is 0.125. The molecule has 0 aliphatic heterocycles. The van der Waals surface area contributed by atoms with E-state index in [0.717, 1.165) is 4.09 Å². The number of fused-ring (bicyclic) bond motifs is 1. The highest BCUT2D eigenvalue weighted by Crippen LogP contribution is 2.32. The molecule has 0 aliphatic carbocycles. The molecule has 4 rings (SSSR count). The maximum absolute atomic E-state index is 13.1. The van der Waals surface area contributed by atoms with Crippen LogP contribution in [-0.4, -0.2) is 23.6 Å². The maximum atomic E-state index is 13.1. The van der Waals surface area contributed by atoms with Gasteiger partial charge in [0.1, 0.15) is 28.8 Å². The molecule has 0 amide bonds. The molecule has 0 unspecified atom stereocenters. The van der Waals surface area contributed by atoms with Crippen molar-refractivity contribution in [3.8, 4) is 28.6 Å². The first kappa shape index (κ1) is 17.1. The van der Waals surface area contributed by atoms with Crippen LogP contribution in [0, 0.1) is 11.3 Å². The van der Waals surface area contributed by atoms with Crippen molar-refractivity contribution >= 4 is 18.0 Å². The fourth-order valence-corrected chi connectivity index (χ4v) is 2.97. The average Bonchev–Trinajstić information content (AvgIpc) is 3.31. The van der Waals surface area contributed by atoms with Crippen LogP contribution in [0.4, 0.5) is 12.7 Å². The Bertz CT molecular complexity index is 1180. The van der Waals surface area contributed by atoms with Crippen molar-refractivity contribution in [1.29, 1.82) is 5.26 Å². The number of pyridine rings is 2. The second-order valence-corrected chi connectivity index (χ2v) is 6.02. The van der Waals surface area contributed by atoms with Crippen molar-refractivity contribution < 1.29 is 12.7 Å². The Kier molecular flexibility index (Phi) is 4.29. The van der Waals surface area contributed by atoms with Gasteiger partial charge >= 0.3 is 0 Å². The number of imidazole rings is 1. The third-order valence-corrected chi connectivity index (χ3v) is 4.26. The Hall–Kier alpha value is -3.32. The van der Waals surface area contributed by atoms with Crippen LogP contribution in [0.25, 0.3) is 28.2 Å². The number of nitriles is 1. The lowest BCUT2D eigenvalue weighted by atomic mass is 10.1. The summed E-state index contributed by atoms with van der Waals surface area (Å²) in [5, 5.41) is 13.3. The van der Waals surface area contributed by atoms with Crippen molar-refractivity contribution in [2.24, 2.45) is 0 Å². The SMILES string of the molecule is N#Cc1cnc2ccc(-c3cn(SF)nc3-c3cccc(C(F)F)n3)cn12. The van der Waals surface area contributed by atoms with Crippen LogP contribution < -0.4 is 0 Å². The molecule has 27 heavy (non-hydrogen) atoms. The molecule has 0 bridgehead atoms. The lowest BCUT2D eigenvalue weighted by Crippen LogP contribution is -1.95. The molecule has 0 aliphatic rings. The number of aromatic nitrogens is 5. The number of alkyl halides is 2. The van der Waals surface area contributed by atoms with Crippen molar-refractivity contribution in [2.75, 3.05) is 0 Å². The van der Waals surface area contributed by atoms with E-state index in [9.17, 15) is 17.9 Å². The predicted octanol–water partition coefficient (Wildman–Crippen LogP) is 4.45. The van der Waals surface area contributed by atoms with E-state index >= 15 is 0 Å². The molecular weight excluding hydrogens is 377 g/mol. The van der Waals surface area contributed by atoms with Crippen LogP contribution in [-0.2, 0) is 0 Å². The molecule has 0 aromatic carbocycles. The molecule has 4 heterocycles. The van der Waals surface area contributed by atoms with Crippen LogP contribution in [0.15, 0.2) is 48.9 Å². The van der Waals surface area contributed by atoms with Gasteiger partial charge in [-0.3, -0.25) is 4.40 Å². The Morgan fingerprint density at radius 1 is 1.15 bits per heavy atom. The summed E-state index contributed by atoms with van der Waals surface area (Å²) in [6.07, 6.45) is 1.80. The summed E-state index contributed by atoms with van der Waals surface area (Å²) in [5.41, 5.74) is 2.05. The largest absolute Gasteiger partial charge is 0.291 e. The van der Waals surface area contributed by atoms with Crippen LogP contribution in [0.1, 0.15) is 17.8 Å². The molecule has 0 atom stereocenters. The number of nitrogens with zero attached hydrogens (tertiary/aromatic N) is 6. The summed E-state index contributed by atoms with van der Waals surface area (Å²) in [6.45, 7) is 0. The average molecular weight is 386 g/mol. The van der Waals surface area contributed by atoms with E-state index < -0.39 is 12.1 Å². The van der Waals surface area contributed by atoms with E-state index in [0.29, 0.717) is 22.5 Å². The van der Waals surface area contributed by atoms with E-state index in [1.54, 1.807) is 22.7 Å². The molecule has 0 saturated carbocycles. The highest BCUT2D eigenvalue weighted by molar-refractivity contribution is 7.92. The summed E-state index contributed by atoms with van der Waals surface area (Å²) < 4.78 is 41.6. The van der Waals surface area contributed by atoms with Crippen molar-refractivity contribution in [3.63, 3.8) is 0 Å². The number of halogens is 3. The lowest BCUT2D eigenvalue weighted by molar-refractivity contribution is 0.146. The molecule has 10 heteroatoms. The zero-order chi connectivity index (χ0) is 19.0. The van der Waals surface area contributed by atoms with Gasteiger partial charge in [0.25, 0.3) is 6.43 Å². The molecule has 4 aromatic heterocycles. The highest BCUT2D eigenvalue weighted by Gasteiger charge is 2.18. The summed E-state index contributed by atoms with van der Waals surface area (Å²) in [5.74, 6) is 0. The van der Waals surface area contributed by atoms with Gasteiger partial charge < -0.3 is 0 Å². The molecule has 0 radical (unpaired) electrons. The van der Waals surface area contributed by atoms with Gasteiger partial charge in [0.15, 0.2) is 12.3 Å². The molecule has 6 nitrogen and oxygen atoms in total. The molecule has 134 valence electrons. The molecule has 0 N–H and O–H groups in total. The highest BCUT2D eigenvalue weighted by atomic mass is 32.2. The second-order valence-electron chi connectivity index (χ2n) is 5.51. The van der Waals surface area contributed by atoms with Gasteiger partial charge in [-0.15, -0.1) is 3.89 Å². The third-order valence-electron chi connectivity index (χ3n) is 3.93. The van der Waals surface area contributed by atoms with Crippen molar-refractivity contribution in [1.82, 2.24) is 23.6 Å². The van der Waals surface area contributed by atoms with E-state index in [-0.39, 0.29) is 23.7 Å². The number of hydrogen-bond acceptors (Lipinski definition) is 5. The normalized spacial score (nSPS) is 11.2. The van der Waals surface area contributed by atoms with Crippen molar-refractivity contribution in [3.05, 3.63) is 60.3 Å². The van der Waals surface area contributed by atoms with Gasteiger partial charge in [-0.25, -0.2) is 18.7 Å². The summed E-state index contributed by atoms with van der Waals surface area (Å²) in [4.78, 5) is 8.05. The zero-order valence-corrected chi connectivity index (χ0v) is 14.2. The van der Waals surface area contributed by atoms with Gasteiger partial charge in [0.05, 0.1) is 11.9 Å². The van der Waals surface area contributed by atoms with E-state index in [4.69, 9.17) is 0 Å². The minimum atomic E-state index is -2.73. The first-order valence-electron chi connectivity index (χ1n) is 7.62. The van der Waals surface area contributed by atoms with Gasteiger partial charge in [0.2, 0.25) is 0 Å². The fraction of sp³-hybridized carbons (Fsp3) is 0.0588. The minimum Gasteiger partial charge on any atom is -0.291 e. The summed E-state index contributed by atoms with van der Waals surface area (Å²) in [7, 11) is 0. The fourth-order valence-electron chi connectivity index (χ4n) is 2.72. The van der Waals surface area contributed by atoms with E-state index in [1.807, 2.05) is 6.07 Å². The first-order chi connectivity index (χ1) is 13.1. The smallest absolute Gasteiger partial charge is 0.280 e. The van der Waals surface area contributed by atoms with Gasteiger partial charge in [-0.05, 0) is 24.3 Å². The topological polar surface area (TPSA) is 71.8 Å². The van der Waals surface area contributed by atoms with Crippen LogP contribution >= 0.6 is 12.3 Å². The van der Waals surface area contributed by atoms with Crippen LogP contribution in [0.3, 0.4) is 0 Å². The number of rotatable bonds is 4. The molecule has 4 aromatic rings. The van der Waals surface area contributed by atoms with Gasteiger partial charge in [-0.2, -0.15) is 14.4 Å². The molecular formula is C17H9F3N6S. The van der Waals surface area contributed by atoms with Crippen LogP contribution in [0.5, 0.6) is 0 Å². The Morgan fingerprint density at radius 3 is 2.74 bits per heavy atom. The first-order valence-corrected chi connectivity index (χ1v) is 8.30. The van der Waals surface area contributed by atoms with Crippen LogP contribution in [0.2, 0.25) is 0 Å². The molecule has 0 fully saturated rings. The summed E-state index contributed by atoms with van der Waals surface area (Å²) >= 11 is -0.125. The quantitative estimate of drug-likeness (QED) is 0.518. The predicted molar refractivity (Wildman–Crippen MR) is 93.4 cm³/mol. The monoisotopic (exact) mass is 386 g/mol. The zero-order valence-electron chi connectivity index (χ0n) is 13.4. The molecule has 0 saturated heterocycles. The van der Waals surface area contributed by atoms with Gasteiger partial charge in [0, 0.05) is 23.5 Å². The third kappa shape index (κ3) is 3.02. The second kappa shape index (κ2) is 6.77. The lowest BCUT2D eigenvalue weighted by Gasteiger charge is -2.05. The Morgan fingerprint density at radius 2 is 2.00 bits per heavy atom. The Balaban J connectivity index is 1.90. The molecule has 0 spiro atoms. The van der Waals surface area contributed by atoms with Gasteiger partial charge in [-0.1, -0.05) is 6.07 Å². The van der Waals surface area contributed by atoms with E-state index in [2.05, 4.69) is 15.1 Å². The standard InChI is InChI=1S/C17H9F3N6S/c18-17(19)14-3-1-2-13(23-14)16-12(9-26(24-16)27-20)10-4-5-15-22-7-11(6-21)25(15)8-10/h1-5,7-9,17H. The maximum Gasteiger partial charge on any atom is 0.280 e. The van der Waals surface area contributed by atoms with Crippen molar-refractivity contribution in [2.45, 2.75) is 6.43 Å². The summed E-state index contributed by atoms with van der Waals surface area (Å²) in [6, 6.07) is 9.65. The number of hydrogen-bond donors (Lipinski definition) is 0. The van der Waals surface area contributed by atoms with E-state index in [1.165, 1.54) is 30.6 Å². The Labute approximate surface area is 155 Å².